The maximum atomic E-state index is 3.95. The van der Waals surface area contributed by atoms with Gasteiger partial charge < -0.3 is 39.9 Å². The molecule has 0 saturated carbocycles. The molecule has 10 rings (SSSR count). The van der Waals surface area contributed by atoms with Gasteiger partial charge in [0.2, 0.25) is 0 Å². The van der Waals surface area contributed by atoms with E-state index in [9.17, 15) is 0 Å². The molecule has 0 radical (unpaired) electrons. The fourth-order valence-corrected chi connectivity index (χ4v) is 10.8. The molecule has 8 aromatic rings. The first-order valence-corrected chi connectivity index (χ1v) is 24.4. The predicted octanol–water partition coefficient (Wildman–Crippen LogP) is 12.9. The van der Waals surface area contributed by atoms with Crippen molar-refractivity contribution in [3.63, 3.8) is 0 Å². The molecule has 0 amide bonds. The quantitative estimate of drug-likeness (QED) is 0.0691. The van der Waals surface area contributed by atoms with Crippen LogP contribution in [-0.4, -0.2) is 39.9 Å². The van der Waals surface area contributed by atoms with Gasteiger partial charge in [-0.15, -0.1) is 0 Å². The molecule has 0 aromatic carbocycles. The summed E-state index contributed by atoms with van der Waals surface area (Å²) in [4.78, 5) is 31.1. The van der Waals surface area contributed by atoms with E-state index in [0.29, 0.717) is 0 Å². The maximum Gasteiger partial charge on any atom is 0.0475 e. The second kappa shape index (κ2) is 14.4. The lowest BCUT2D eigenvalue weighted by Crippen LogP contribution is -2.26. The Morgan fingerprint density at radius 2 is 0.412 bits per heavy atom. The van der Waals surface area contributed by atoms with Crippen LogP contribution in [0.4, 0.5) is 0 Å². The molecule has 8 N–H and O–H groups in total. The number of hydrogen-bond donors (Lipinski definition) is 8. The van der Waals surface area contributed by atoms with Crippen LogP contribution >= 0.6 is 0 Å². The lowest BCUT2D eigenvalue weighted by molar-refractivity contribution is 0.545. The van der Waals surface area contributed by atoms with Gasteiger partial charge in [0, 0.05) is 146 Å². The first kappa shape index (κ1) is 45.2. The molecule has 8 aromatic heterocycles. The molecule has 0 saturated heterocycles. The molecule has 2 aliphatic rings. The lowest BCUT2D eigenvalue weighted by Gasteiger charge is -2.28. The third-order valence-corrected chi connectivity index (χ3v) is 16.9. The molecule has 0 unspecified atom stereocenters. The summed E-state index contributed by atoms with van der Waals surface area (Å²) < 4.78 is 0. The number of rotatable bonds is 0. The average Bonchev–Trinajstić information content (AvgIpc) is 4.11. The maximum absolute atomic E-state index is 3.95. The van der Waals surface area contributed by atoms with E-state index >= 15 is 0 Å². The van der Waals surface area contributed by atoms with Crippen molar-refractivity contribution >= 4 is 0 Å². The number of fused-ring (bicyclic) bond motifs is 16. The monoisotopic (exact) mass is 903 g/mol. The van der Waals surface area contributed by atoms with Crippen LogP contribution in [0.15, 0.2) is 84.9 Å². The van der Waals surface area contributed by atoms with Crippen LogP contribution in [0, 0.1) is 23.7 Å². The molecule has 10 heterocycles. The van der Waals surface area contributed by atoms with E-state index in [1.807, 2.05) is 0 Å². The molecule has 68 heavy (non-hydrogen) atoms. The lowest BCUT2D eigenvalue weighted by atomic mass is 9.83. The highest BCUT2D eigenvalue weighted by atomic mass is 14.9. The number of aromatic amines is 8. The molecular formula is C60H70N8. The van der Waals surface area contributed by atoms with Crippen LogP contribution in [0.3, 0.4) is 0 Å². The Kier molecular flexibility index (Phi) is 9.59. The number of H-pyrrole nitrogens is 8. The van der Waals surface area contributed by atoms with E-state index in [-0.39, 0.29) is 32.5 Å². The van der Waals surface area contributed by atoms with Crippen molar-refractivity contribution in [1.29, 1.82) is 0 Å². The standard InChI is InChI=1S/C60H70N8/c1-53(2)37-21-23-39(61-37)55(5,6)43-29-31-47(65-43)59(13,14)51-35(33-49(67-51)57(9,10)45-27-25-41(53)63-45)19-17-18-20-36-34-50-58(11,12)46-28-26-42(64-46)54(3,4)38-22-24-40(62-38)56(7,8)44-30-32-48(66-44)60(15,16)52(36)68-50/h21-34,61-68H,1-16H3. The van der Waals surface area contributed by atoms with Crippen LogP contribution in [0.2, 0.25) is 0 Å². The van der Waals surface area contributed by atoms with Crippen LogP contribution in [-0.2, 0) is 43.3 Å². The predicted molar refractivity (Wildman–Crippen MR) is 277 cm³/mol. The Labute approximate surface area is 403 Å². The summed E-state index contributed by atoms with van der Waals surface area (Å²) in [7, 11) is 0. The van der Waals surface area contributed by atoms with Crippen molar-refractivity contribution in [3.05, 3.63) is 187 Å². The smallest absolute Gasteiger partial charge is 0.0475 e. The minimum atomic E-state index is -0.446. The second-order valence-corrected chi connectivity index (χ2v) is 24.2. The number of hydrogen-bond acceptors (Lipinski definition) is 0. The van der Waals surface area contributed by atoms with Crippen molar-refractivity contribution in [1.82, 2.24) is 39.9 Å². The van der Waals surface area contributed by atoms with Crippen molar-refractivity contribution in [2.75, 3.05) is 0 Å². The molecule has 2 aliphatic heterocycles. The Morgan fingerprint density at radius 3 is 0.618 bits per heavy atom. The van der Waals surface area contributed by atoms with Gasteiger partial charge in [0.05, 0.1) is 0 Å². The summed E-state index contributed by atoms with van der Waals surface area (Å²) in [5, 5.41) is 0. The van der Waals surface area contributed by atoms with Crippen LogP contribution in [0.5, 0.6) is 0 Å². The topological polar surface area (TPSA) is 126 Å². The molecule has 0 spiro atoms. The largest absolute Gasteiger partial charge is 0.361 e. The van der Waals surface area contributed by atoms with Gasteiger partial charge in [-0.2, -0.15) is 0 Å². The number of aromatic nitrogens is 8. The number of nitrogens with one attached hydrogen (secondary N) is 8. The van der Waals surface area contributed by atoms with Crippen molar-refractivity contribution in [3.8, 4) is 23.7 Å². The van der Waals surface area contributed by atoms with E-state index in [0.717, 1.165) is 79.5 Å². The summed E-state index contributed by atoms with van der Waals surface area (Å²) in [6.45, 7) is 36.5. The van der Waals surface area contributed by atoms with Gasteiger partial charge in [-0.1, -0.05) is 11.8 Å². The van der Waals surface area contributed by atoms with Crippen LogP contribution in [0.25, 0.3) is 0 Å². The summed E-state index contributed by atoms with van der Waals surface area (Å²) >= 11 is 0. The molecule has 0 fully saturated rings. The zero-order valence-corrected chi connectivity index (χ0v) is 43.1. The molecule has 8 nitrogen and oxygen atoms in total. The Balaban J connectivity index is 1.10. The third-order valence-electron chi connectivity index (χ3n) is 16.9. The first-order chi connectivity index (χ1) is 31.7. The fraction of sp³-hybridized carbons (Fsp3) is 0.400. The first-order valence-electron chi connectivity index (χ1n) is 24.4. The van der Waals surface area contributed by atoms with E-state index in [4.69, 9.17) is 0 Å². The summed E-state index contributed by atoms with van der Waals surface area (Å²) in [5.74, 6) is 13.9. The minimum Gasteiger partial charge on any atom is -0.361 e. The molecule has 16 bridgehead atoms. The van der Waals surface area contributed by atoms with Gasteiger partial charge in [0.15, 0.2) is 0 Å². The highest BCUT2D eigenvalue weighted by molar-refractivity contribution is 5.56. The fourth-order valence-electron chi connectivity index (χ4n) is 10.8. The SMILES string of the molecule is CC1(C)c2ccc([nH]2)C(C)(C)c2ccc([nH]2)C(C)(C)c2[nH]c(cc2C#CC#Cc2cc3[nH]c2C(C)(C)c2ccc([nH]2)C(C)(C)c2ccc([nH]2)C(C)(C)c2ccc([nH]2)C3(C)C)C(C)(C)c2ccc1[nH]2. The van der Waals surface area contributed by atoms with Crippen molar-refractivity contribution in [2.45, 2.75) is 154 Å². The Hall–Kier alpha value is -6.64. The third kappa shape index (κ3) is 6.65. The highest BCUT2D eigenvalue weighted by Gasteiger charge is 2.40. The van der Waals surface area contributed by atoms with Crippen LogP contribution in [0.1, 0.15) is 213 Å². The Morgan fingerprint density at radius 1 is 0.235 bits per heavy atom. The molecular weight excluding hydrogens is 833 g/mol. The highest BCUT2D eigenvalue weighted by Crippen LogP contribution is 2.44. The zero-order chi connectivity index (χ0) is 48.8. The second-order valence-electron chi connectivity index (χ2n) is 24.2. The molecule has 0 aliphatic carbocycles. The van der Waals surface area contributed by atoms with Crippen molar-refractivity contribution < 1.29 is 0 Å². The van der Waals surface area contributed by atoms with Gasteiger partial charge in [-0.3, -0.25) is 0 Å². The van der Waals surface area contributed by atoms with E-state index < -0.39 is 10.8 Å². The van der Waals surface area contributed by atoms with Crippen LogP contribution < -0.4 is 0 Å². The van der Waals surface area contributed by atoms with Gasteiger partial charge in [0.25, 0.3) is 0 Å². The van der Waals surface area contributed by atoms with E-state index in [2.05, 4.69) is 259 Å². The molecule has 0 atom stereocenters. The summed E-state index contributed by atoms with van der Waals surface area (Å²) in [6.07, 6.45) is 0. The average molecular weight is 903 g/mol. The van der Waals surface area contributed by atoms with Crippen molar-refractivity contribution in [2.24, 2.45) is 0 Å². The van der Waals surface area contributed by atoms with Gasteiger partial charge in [-0.25, -0.2) is 0 Å². The van der Waals surface area contributed by atoms with Gasteiger partial charge >= 0.3 is 0 Å². The Bertz CT molecular complexity index is 3150. The van der Waals surface area contributed by atoms with Gasteiger partial charge in [0.1, 0.15) is 0 Å². The van der Waals surface area contributed by atoms with Gasteiger partial charge in [-0.05, 0) is 208 Å². The van der Waals surface area contributed by atoms with E-state index in [1.54, 1.807) is 0 Å². The summed E-state index contributed by atoms with van der Waals surface area (Å²) in [5.41, 5.74) is 17.2. The zero-order valence-electron chi connectivity index (χ0n) is 43.1. The minimum absolute atomic E-state index is 0.270. The van der Waals surface area contributed by atoms with E-state index in [1.165, 1.54) is 22.8 Å². The normalized spacial score (nSPS) is 19.6. The molecule has 8 heteroatoms. The summed E-state index contributed by atoms with van der Waals surface area (Å²) in [6, 6.07) is 31.4. The molecule has 350 valence electrons.